The van der Waals surface area contributed by atoms with Gasteiger partial charge in [-0.15, -0.1) is 0 Å². The summed E-state index contributed by atoms with van der Waals surface area (Å²) >= 11 is 0. The Bertz CT molecular complexity index is 679. The average molecular weight is 273 g/mol. The first-order valence-corrected chi connectivity index (χ1v) is 6.07. The molecule has 0 spiro atoms. The molecular weight excluding hydrogens is 258 g/mol. The lowest BCUT2D eigenvalue weighted by Crippen LogP contribution is -2.28. The van der Waals surface area contributed by atoms with Crippen LogP contribution in [0.1, 0.15) is 21.6 Å². The van der Waals surface area contributed by atoms with Crippen LogP contribution in [0.15, 0.2) is 35.4 Å². The quantitative estimate of drug-likeness (QED) is 0.871. The van der Waals surface area contributed by atoms with Gasteiger partial charge >= 0.3 is 0 Å². The van der Waals surface area contributed by atoms with Gasteiger partial charge in [-0.3, -0.25) is 9.59 Å². The van der Waals surface area contributed by atoms with Gasteiger partial charge in [0.15, 0.2) is 5.43 Å². The van der Waals surface area contributed by atoms with E-state index in [2.05, 4.69) is 15.3 Å². The maximum atomic E-state index is 12.0. The van der Waals surface area contributed by atoms with E-state index in [9.17, 15) is 9.59 Å². The highest BCUT2D eigenvalue weighted by atomic mass is 16.5. The number of rotatable bonds is 4. The number of methoxy groups -OCH3 is 1. The summed E-state index contributed by atoms with van der Waals surface area (Å²) in [5.41, 5.74) is 1.22. The van der Waals surface area contributed by atoms with E-state index in [0.717, 1.165) is 5.56 Å². The second kappa shape index (κ2) is 6.01. The van der Waals surface area contributed by atoms with Crippen LogP contribution in [0.2, 0.25) is 0 Å². The topological polar surface area (TPSA) is 84.1 Å². The van der Waals surface area contributed by atoms with Gasteiger partial charge in [-0.05, 0) is 13.0 Å². The van der Waals surface area contributed by atoms with E-state index in [1.165, 1.54) is 19.4 Å². The summed E-state index contributed by atoms with van der Waals surface area (Å²) in [6.45, 7) is 1.99. The number of H-pyrrole nitrogens is 1. The molecule has 0 saturated heterocycles. The smallest absolute Gasteiger partial charge is 0.257 e. The van der Waals surface area contributed by atoms with Crippen molar-refractivity contribution >= 4 is 5.91 Å². The molecular formula is C14H15N3O3. The lowest BCUT2D eigenvalue weighted by atomic mass is 10.2. The van der Waals surface area contributed by atoms with Crippen LogP contribution in [0, 0.1) is 6.92 Å². The monoisotopic (exact) mass is 273 g/mol. The summed E-state index contributed by atoms with van der Waals surface area (Å²) in [5, 5.41) is 2.67. The molecule has 0 atom stereocenters. The lowest BCUT2D eigenvalue weighted by Gasteiger charge is -2.08. The van der Waals surface area contributed by atoms with Crippen molar-refractivity contribution in [3.63, 3.8) is 0 Å². The molecule has 0 unspecified atom stereocenters. The Hall–Kier alpha value is -2.63. The molecule has 0 aliphatic rings. The van der Waals surface area contributed by atoms with Crippen LogP contribution in [0.5, 0.6) is 5.88 Å². The average Bonchev–Trinajstić information content (AvgIpc) is 2.45. The van der Waals surface area contributed by atoms with Crippen LogP contribution in [0.25, 0.3) is 0 Å². The number of aromatic nitrogens is 2. The summed E-state index contributed by atoms with van der Waals surface area (Å²) in [5.74, 6) is 0.0165. The van der Waals surface area contributed by atoms with Gasteiger partial charge in [-0.25, -0.2) is 4.98 Å². The van der Waals surface area contributed by atoms with Crippen molar-refractivity contribution in [3.8, 4) is 5.88 Å². The van der Waals surface area contributed by atoms with Gasteiger partial charge in [0.25, 0.3) is 5.91 Å². The van der Waals surface area contributed by atoms with Crippen molar-refractivity contribution in [2.75, 3.05) is 7.11 Å². The van der Waals surface area contributed by atoms with E-state index in [1.807, 2.05) is 0 Å². The highest BCUT2D eigenvalue weighted by molar-refractivity contribution is 5.93. The highest BCUT2D eigenvalue weighted by Gasteiger charge is 2.11. The maximum Gasteiger partial charge on any atom is 0.257 e. The molecule has 0 aromatic carbocycles. The minimum absolute atomic E-state index is 0.0819. The molecule has 2 aromatic heterocycles. The molecule has 20 heavy (non-hydrogen) atoms. The zero-order valence-corrected chi connectivity index (χ0v) is 11.3. The Kier molecular flexibility index (Phi) is 4.14. The molecule has 2 rings (SSSR count). The van der Waals surface area contributed by atoms with Crippen molar-refractivity contribution in [2.45, 2.75) is 13.5 Å². The number of ether oxygens (including phenoxy) is 1. The fourth-order valence-electron chi connectivity index (χ4n) is 1.76. The van der Waals surface area contributed by atoms with Gasteiger partial charge < -0.3 is 15.0 Å². The zero-order chi connectivity index (χ0) is 14.5. The van der Waals surface area contributed by atoms with Crippen molar-refractivity contribution in [3.05, 3.63) is 57.6 Å². The van der Waals surface area contributed by atoms with Gasteiger partial charge in [0.05, 0.1) is 7.11 Å². The first-order valence-electron chi connectivity index (χ1n) is 6.07. The first kappa shape index (κ1) is 13.8. The minimum Gasteiger partial charge on any atom is -0.481 e. The number of carbonyl (C=O) groups excluding carboxylic acids is 1. The van der Waals surface area contributed by atoms with Crippen molar-refractivity contribution in [1.29, 1.82) is 0 Å². The van der Waals surface area contributed by atoms with Crippen molar-refractivity contribution < 1.29 is 9.53 Å². The van der Waals surface area contributed by atoms with Crippen LogP contribution in [0.4, 0.5) is 0 Å². The molecule has 104 valence electrons. The number of nitrogens with one attached hydrogen (secondary N) is 2. The third-order valence-electron chi connectivity index (χ3n) is 2.78. The predicted molar refractivity (Wildman–Crippen MR) is 73.8 cm³/mol. The summed E-state index contributed by atoms with van der Waals surface area (Å²) in [7, 11) is 1.51. The van der Waals surface area contributed by atoms with Gasteiger partial charge in [-0.1, -0.05) is 6.07 Å². The number of hydrogen-bond acceptors (Lipinski definition) is 4. The Balaban J connectivity index is 2.11. The van der Waals surface area contributed by atoms with Crippen LogP contribution >= 0.6 is 0 Å². The van der Waals surface area contributed by atoms with Crippen molar-refractivity contribution in [1.82, 2.24) is 15.3 Å². The maximum absolute atomic E-state index is 12.0. The molecule has 0 bridgehead atoms. The molecule has 6 heteroatoms. The van der Waals surface area contributed by atoms with Crippen LogP contribution in [0.3, 0.4) is 0 Å². The molecule has 0 saturated carbocycles. The highest BCUT2D eigenvalue weighted by Crippen LogP contribution is 2.12. The SMILES string of the molecule is COc1ncccc1CNC(=O)c1c[nH]c(C)cc1=O. The van der Waals surface area contributed by atoms with Crippen LogP contribution in [-0.2, 0) is 6.54 Å². The van der Waals surface area contributed by atoms with E-state index in [1.54, 1.807) is 25.3 Å². The third-order valence-corrected chi connectivity index (χ3v) is 2.78. The molecule has 6 nitrogen and oxygen atoms in total. The normalized spacial score (nSPS) is 10.1. The molecule has 2 N–H and O–H groups in total. The minimum atomic E-state index is -0.433. The Morgan fingerprint density at radius 2 is 2.30 bits per heavy atom. The summed E-state index contributed by atoms with van der Waals surface area (Å²) in [6.07, 6.45) is 3.02. The van der Waals surface area contributed by atoms with E-state index < -0.39 is 5.91 Å². The van der Waals surface area contributed by atoms with Gasteiger partial charge in [0.1, 0.15) is 5.56 Å². The molecule has 0 aliphatic carbocycles. The number of hydrogen-bond donors (Lipinski definition) is 2. The van der Waals surface area contributed by atoms with Crippen LogP contribution in [-0.4, -0.2) is 23.0 Å². The first-order chi connectivity index (χ1) is 9.61. The standard InChI is InChI=1S/C14H15N3O3/c1-9-6-12(18)11(8-16-9)13(19)17-7-10-4-3-5-15-14(10)20-2/h3-6,8H,7H2,1-2H3,(H,16,18)(H,17,19). The number of carbonyl (C=O) groups is 1. The molecule has 2 heterocycles. The van der Waals surface area contributed by atoms with E-state index >= 15 is 0 Å². The van der Waals surface area contributed by atoms with E-state index in [-0.39, 0.29) is 17.5 Å². The lowest BCUT2D eigenvalue weighted by molar-refractivity contribution is 0.0949. The summed E-state index contributed by atoms with van der Waals surface area (Å²) in [4.78, 5) is 30.5. The number of aromatic amines is 1. The zero-order valence-electron chi connectivity index (χ0n) is 11.3. The third kappa shape index (κ3) is 3.03. The van der Waals surface area contributed by atoms with Gasteiger partial charge in [0.2, 0.25) is 5.88 Å². The number of nitrogens with zero attached hydrogens (tertiary/aromatic N) is 1. The fraction of sp³-hybridized carbons (Fsp3) is 0.214. The Morgan fingerprint density at radius 1 is 1.50 bits per heavy atom. The summed E-state index contributed by atoms with van der Waals surface area (Å²) < 4.78 is 5.09. The van der Waals surface area contributed by atoms with Gasteiger partial charge in [0, 0.05) is 36.3 Å². The molecule has 0 fully saturated rings. The number of amides is 1. The molecule has 1 amide bonds. The Morgan fingerprint density at radius 3 is 3.00 bits per heavy atom. The predicted octanol–water partition coefficient (Wildman–Crippen LogP) is 1.02. The van der Waals surface area contributed by atoms with E-state index in [4.69, 9.17) is 4.74 Å². The second-order valence-corrected chi connectivity index (χ2v) is 4.25. The summed E-state index contributed by atoms with van der Waals surface area (Å²) in [6, 6.07) is 4.94. The second-order valence-electron chi connectivity index (χ2n) is 4.25. The van der Waals surface area contributed by atoms with Gasteiger partial charge in [-0.2, -0.15) is 0 Å². The fourth-order valence-corrected chi connectivity index (χ4v) is 1.76. The largest absolute Gasteiger partial charge is 0.481 e. The molecule has 0 radical (unpaired) electrons. The number of pyridine rings is 2. The Labute approximate surface area is 115 Å². The van der Waals surface area contributed by atoms with Crippen molar-refractivity contribution in [2.24, 2.45) is 0 Å². The molecule has 2 aromatic rings. The van der Waals surface area contributed by atoms with Crippen LogP contribution < -0.4 is 15.5 Å². The number of aryl methyl sites for hydroxylation is 1. The van der Waals surface area contributed by atoms with E-state index in [0.29, 0.717) is 11.6 Å². The molecule has 0 aliphatic heterocycles.